The Balaban J connectivity index is 1.96. The Hall–Kier alpha value is -3.17. The van der Waals surface area contributed by atoms with Gasteiger partial charge in [-0.3, -0.25) is 4.79 Å². The Bertz CT molecular complexity index is 1200. The van der Waals surface area contributed by atoms with Gasteiger partial charge in [0.1, 0.15) is 29.2 Å². The molecule has 0 saturated heterocycles. The van der Waals surface area contributed by atoms with E-state index in [4.69, 9.17) is 9.47 Å². The van der Waals surface area contributed by atoms with E-state index in [2.05, 4.69) is 9.97 Å². The summed E-state index contributed by atoms with van der Waals surface area (Å²) in [6.07, 6.45) is 0.216. The molecule has 0 radical (unpaired) electrons. The second-order valence-electron chi connectivity index (χ2n) is 7.02. The lowest BCUT2D eigenvalue weighted by Gasteiger charge is -2.18. The molecule has 31 heavy (non-hydrogen) atoms. The summed E-state index contributed by atoms with van der Waals surface area (Å²) in [5, 5.41) is 9.76. The molecule has 8 nitrogen and oxygen atoms in total. The quantitative estimate of drug-likeness (QED) is 0.548. The van der Waals surface area contributed by atoms with Crippen molar-refractivity contribution in [2.45, 2.75) is 37.9 Å². The fourth-order valence-corrected chi connectivity index (χ4v) is 3.57. The number of aromatic nitrogens is 2. The molecule has 2 unspecified atom stereocenters. The van der Waals surface area contributed by atoms with E-state index in [1.165, 1.54) is 24.4 Å². The number of aliphatic hydroxyl groups excluding tert-OH is 1. The first kappa shape index (κ1) is 22.5. The molecule has 3 rings (SSSR count). The molecule has 1 aromatic heterocycles. The van der Waals surface area contributed by atoms with Crippen molar-refractivity contribution in [3.8, 4) is 28.6 Å². The summed E-state index contributed by atoms with van der Waals surface area (Å²) >= 11 is 0. The van der Waals surface area contributed by atoms with Crippen LogP contribution in [-0.4, -0.2) is 41.5 Å². The average Bonchev–Trinajstić information content (AvgIpc) is 2.74. The number of nitrogens with zero attached hydrogens (tertiary/aromatic N) is 1. The average molecular weight is 445 g/mol. The minimum Gasteiger partial charge on any atom is -0.488 e. The van der Waals surface area contributed by atoms with E-state index in [1.54, 1.807) is 51.1 Å². The third kappa shape index (κ3) is 5.71. The second-order valence-corrected chi connectivity index (χ2v) is 9.29. The number of aromatic amines is 1. The van der Waals surface area contributed by atoms with Crippen molar-refractivity contribution in [3.05, 3.63) is 65.1 Å². The van der Waals surface area contributed by atoms with Crippen LogP contribution in [0.4, 0.5) is 0 Å². The zero-order valence-corrected chi connectivity index (χ0v) is 18.2. The minimum atomic E-state index is -3.30. The first-order valence-corrected chi connectivity index (χ1v) is 11.4. The molecular weight excluding hydrogens is 420 g/mol. The molecule has 2 atom stereocenters. The summed E-state index contributed by atoms with van der Waals surface area (Å²) in [5.74, 6) is 1.58. The predicted molar refractivity (Wildman–Crippen MR) is 116 cm³/mol. The molecule has 0 saturated carbocycles. The van der Waals surface area contributed by atoms with E-state index >= 15 is 0 Å². The number of rotatable bonds is 8. The molecule has 0 aliphatic carbocycles. The van der Waals surface area contributed by atoms with Gasteiger partial charge in [0.05, 0.1) is 16.8 Å². The van der Waals surface area contributed by atoms with Gasteiger partial charge in [0, 0.05) is 23.9 Å². The molecule has 2 N–H and O–H groups in total. The molecule has 9 heteroatoms. The van der Waals surface area contributed by atoms with E-state index in [-0.39, 0.29) is 16.2 Å². The Kier molecular flexibility index (Phi) is 6.77. The van der Waals surface area contributed by atoms with E-state index in [1.807, 2.05) is 0 Å². The Labute approximate surface area is 180 Å². The molecule has 1 heterocycles. The van der Waals surface area contributed by atoms with Gasteiger partial charge in [0.2, 0.25) is 0 Å². The fourth-order valence-electron chi connectivity index (χ4n) is 2.68. The number of nitrogens with one attached hydrogen (secondary N) is 1. The smallest absolute Gasteiger partial charge is 0.251 e. The molecular formula is C22H24N2O6S. The van der Waals surface area contributed by atoms with Crippen LogP contribution < -0.4 is 15.0 Å². The second kappa shape index (κ2) is 9.32. The molecule has 0 fully saturated rings. The Morgan fingerprint density at radius 1 is 1.03 bits per heavy atom. The van der Waals surface area contributed by atoms with Crippen LogP contribution in [0, 0.1) is 0 Å². The lowest BCUT2D eigenvalue weighted by Crippen LogP contribution is -2.25. The number of hydrogen-bond acceptors (Lipinski definition) is 7. The van der Waals surface area contributed by atoms with Crippen molar-refractivity contribution < 1.29 is 23.0 Å². The van der Waals surface area contributed by atoms with Crippen molar-refractivity contribution in [3.63, 3.8) is 0 Å². The van der Waals surface area contributed by atoms with Gasteiger partial charge in [-0.05, 0) is 50.2 Å². The topological polar surface area (TPSA) is 119 Å². The van der Waals surface area contributed by atoms with Crippen LogP contribution in [0.3, 0.4) is 0 Å². The molecule has 0 spiro atoms. The zero-order chi connectivity index (χ0) is 22.6. The van der Waals surface area contributed by atoms with Crippen LogP contribution in [0.15, 0.2) is 64.4 Å². The van der Waals surface area contributed by atoms with Crippen LogP contribution in [0.5, 0.6) is 17.2 Å². The predicted octanol–water partition coefficient (Wildman–Crippen LogP) is 3.17. The van der Waals surface area contributed by atoms with E-state index < -0.39 is 22.0 Å². The van der Waals surface area contributed by atoms with Crippen LogP contribution in [0.1, 0.15) is 20.8 Å². The SMILES string of the molecule is CCS(=O)(=O)c1ccc(Oc2cc(OC(C)C(C)O)cc(-c3nccc(=O)[nH]3)c2)cc1. The van der Waals surface area contributed by atoms with Gasteiger partial charge < -0.3 is 19.6 Å². The molecule has 0 aliphatic heterocycles. The van der Waals surface area contributed by atoms with Gasteiger partial charge in [-0.15, -0.1) is 0 Å². The van der Waals surface area contributed by atoms with Gasteiger partial charge in [0.25, 0.3) is 5.56 Å². The molecule has 164 valence electrons. The van der Waals surface area contributed by atoms with E-state index in [0.717, 1.165) is 0 Å². The first-order chi connectivity index (χ1) is 14.7. The number of H-pyrrole nitrogens is 1. The molecule has 3 aromatic rings. The number of benzene rings is 2. The zero-order valence-electron chi connectivity index (χ0n) is 17.4. The van der Waals surface area contributed by atoms with Gasteiger partial charge in [-0.1, -0.05) is 6.92 Å². The van der Waals surface area contributed by atoms with Crippen molar-refractivity contribution in [2.75, 3.05) is 5.75 Å². The maximum atomic E-state index is 12.0. The summed E-state index contributed by atoms with van der Waals surface area (Å²) in [7, 11) is -3.30. The number of hydrogen-bond donors (Lipinski definition) is 2. The highest BCUT2D eigenvalue weighted by molar-refractivity contribution is 7.91. The number of sulfone groups is 1. The van der Waals surface area contributed by atoms with Crippen molar-refractivity contribution in [2.24, 2.45) is 0 Å². The van der Waals surface area contributed by atoms with Gasteiger partial charge in [0.15, 0.2) is 9.84 Å². The summed E-state index contributed by atoms with van der Waals surface area (Å²) < 4.78 is 35.7. The Morgan fingerprint density at radius 2 is 1.71 bits per heavy atom. The van der Waals surface area contributed by atoms with Crippen LogP contribution in [0.25, 0.3) is 11.4 Å². The van der Waals surface area contributed by atoms with Crippen LogP contribution in [-0.2, 0) is 9.84 Å². The highest BCUT2D eigenvalue weighted by Gasteiger charge is 2.15. The van der Waals surface area contributed by atoms with Crippen molar-refractivity contribution >= 4 is 9.84 Å². The normalized spacial score (nSPS) is 13.4. The molecule has 0 amide bonds. The Morgan fingerprint density at radius 3 is 2.32 bits per heavy atom. The third-order valence-corrected chi connectivity index (χ3v) is 6.38. The third-order valence-electron chi connectivity index (χ3n) is 4.62. The monoisotopic (exact) mass is 444 g/mol. The van der Waals surface area contributed by atoms with Crippen LogP contribution >= 0.6 is 0 Å². The van der Waals surface area contributed by atoms with Gasteiger partial charge in [-0.25, -0.2) is 13.4 Å². The highest BCUT2D eigenvalue weighted by atomic mass is 32.2. The molecule has 0 aliphatic rings. The maximum Gasteiger partial charge on any atom is 0.251 e. The minimum absolute atomic E-state index is 0.0136. The largest absolute Gasteiger partial charge is 0.488 e. The molecule has 0 bridgehead atoms. The van der Waals surface area contributed by atoms with Crippen molar-refractivity contribution in [1.82, 2.24) is 9.97 Å². The standard InChI is InChI=1S/C22H24N2O6S/c1-4-31(27,28)20-7-5-17(6-8-20)30-19-12-16(22-23-10-9-21(26)24-22)11-18(13-19)29-15(3)14(2)25/h5-15,25H,4H2,1-3H3,(H,23,24,26). The summed E-state index contributed by atoms with van der Waals surface area (Å²) in [4.78, 5) is 18.7. The van der Waals surface area contributed by atoms with Crippen molar-refractivity contribution in [1.29, 1.82) is 0 Å². The lowest BCUT2D eigenvalue weighted by molar-refractivity contribution is 0.0603. The number of aliphatic hydroxyl groups is 1. The fraction of sp³-hybridized carbons (Fsp3) is 0.273. The summed E-state index contributed by atoms with van der Waals surface area (Å²) in [5.41, 5.74) is 0.247. The highest BCUT2D eigenvalue weighted by Crippen LogP contribution is 2.32. The van der Waals surface area contributed by atoms with Gasteiger partial charge in [-0.2, -0.15) is 0 Å². The van der Waals surface area contributed by atoms with E-state index in [0.29, 0.717) is 28.6 Å². The first-order valence-electron chi connectivity index (χ1n) is 9.74. The summed E-state index contributed by atoms with van der Waals surface area (Å²) in [6.45, 7) is 4.93. The molecule has 2 aromatic carbocycles. The lowest BCUT2D eigenvalue weighted by atomic mass is 10.1. The van der Waals surface area contributed by atoms with Gasteiger partial charge >= 0.3 is 0 Å². The maximum absolute atomic E-state index is 12.0. The van der Waals surface area contributed by atoms with E-state index in [9.17, 15) is 18.3 Å². The summed E-state index contributed by atoms with van der Waals surface area (Å²) in [6, 6.07) is 12.4. The van der Waals surface area contributed by atoms with Crippen LogP contribution in [0.2, 0.25) is 0 Å². The number of ether oxygens (including phenoxy) is 2.